The highest BCUT2D eigenvalue weighted by Crippen LogP contribution is 2.28. The highest BCUT2D eigenvalue weighted by atomic mass is 35.5. The van der Waals surface area contributed by atoms with E-state index in [9.17, 15) is 21.2 Å². The van der Waals surface area contributed by atoms with Crippen LogP contribution in [-0.4, -0.2) is 53.1 Å². The van der Waals surface area contributed by atoms with E-state index in [-0.39, 0.29) is 34.8 Å². The van der Waals surface area contributed by atoms with Crippen LogP contribution in [0.4, 0.5) is 10.1 Å². The summed E-state index contributed by atoms with van der Waals surface area (Å²) in [5.74, 6) is -1.04. The molecule has 150 valence electrons. The van der Waals surface area contributed by atoms with Crippen molar-refractivity contribution in [2.24, 2.45) is 0 Å². The smallest absolute Gasteiger partial charge is 0.243 e. The minimum absolute atomic E-state index is 0. The maximum Gasteiger partial charge on any atom is 0.243 e. The molecule has 1 aliphatic heterocycles. The van der Waals surface area contributed by atoms with Gasteiger partial charge in [-0.15, -0.1) is 12.4 Å². The molecule has 1 saturated heterocycles. The van der Waals surface area contributed by atoms with Crippen molar-refractivity contribution in [3.05, 3.63) is 24.0 Å². The molecule has 0 spiro atoms. The summed E-state index contributed by atoms with van der Waals surface area (Å²) in [6, 6.07) is 3.09. The van der Waals surface area contributed by atoms with Gasteiger partial charge in [0.1, 0.15) is 5.82 Å². The average molecular weight is 430 g/mol. The highest BCUT2D eigenvalue weighted by Gasteiger charge is 2.35. The van der Waals surface area contributed by atoms with Crippen LogP contribution in [0.1, 0.15) is 26.2 Å². The third kappa shape index (κ3) is 5.29. The monoisotopic (exact) mass is 429 g/mol. The van der Waals surface area contributed by atoms with E-state index in [0.717, 1.165) is 25.0 Å². The second-order valence-electron chi connectivity index (χ2n) is 6.03. The van der Waals surface area contributed by atoms with Crippen LogP contribution in [-0.2, 0) is 20.0 Å². The van der Waals surface area contributed by atoms with Crippen molar-refractivity contribution in [3.63, 3.8) is 0 Å². The predicted octanol–water partition coefficient (Wildman–Crippen LogP) is 1.77. The number of sulfonamides is 2. The Bertz CT molecular complexity index is 818. The lowest BCUT2D eigenvalue weighted by atomic mass is 10.2. The zero-order valence-electron chi connectivity index (χ0n) is 14.7. The summed E-state index contributed by atoms with van der Waals surface area (Å²) in [7, 11) is -5.72. The number of halogens is 2. The Morgan fingerprint density at radius 2 is 1.96 bits per heavy atom. The van der Waals surface area contributed by atoms with Crippen LogP contribution in [0.3, 0.4) is 0 Å². The maximum absolute atomic E-state index is 14.3. The van der Waals surface area contributed by atoms with Crippen molar-refractivity contribution in [1.29, 1.82) is 0 Å². The Hall–Kier alpha value is -0.940. The standard InChI is InChI=1S/C15H24FN3O4S2.ClH/c1-3-9-24(20,21)18-15-7-6-13(10-14(15)16)25(22,23)19-8-4-5-12(19)11-17-2;/h6-7,10,12,17-18H,3-5,8-9,11H2,1-2H3;1H. The summed E-state index contributed by atoms with van der Waals surface area (Å²) in [6.07, 6.45) is 1.89. The molecular weight excluding hydrogens is 405 g/mol. The van der Waals surface area contributed by atoms with E-state index in [1.807, 2.05) is 0 Å². The fraction of sp³-hybridized carbons (Fsp3) is 0.600. The number of nitrogens with zero attached hydrogens (tertiary/aromatic N) is 1. The molecule has 1 atom stereocenters. The Morgan fingerprint density at radius 1 is 1.27 bits per heavy atom. The maximum atomic E-state index is 14.3. The van der Waals surface area contributed by atoms with Gasteiger partial charge in [0.2, 0.25) is 20.0 Å². The van der Waals surface area contributed by atoms with E-state index >= 15 is 0 Å². The van der Waals surface area contributed by atoms with Crippen LogP contribution < -0.4 is 10.0 Å². The van der Waals surface area contributed by atoms with Gasteiger partial charge in [-0.3, -0.25) is 4.72 Å². The molecule has 1 aromatic rings. The number of nitrogens with one attached hydrogen (secondary N) is 2. The molecule has 0 aromatic heterocycles. The predicted molar refractivity (Wildman–Crippen MR) is 102 cm³/mol. The molecule has 7 nitrogen and oxygen atoms in total. The van der Waals surface area contributed by atoms with E-state index in [2.05, 4.69) is 10.0 Å². The SMILES string of the molecule is CCCS(=O)(=O)Nc1ccc(S(=O)(=O)N2CCCC2CNC)cc1F.Cl. The Balaban J connectivity index is 0.00000338. The number of hydrogen-bond donors (Lipinski definition) is 2. The fourth-order valence-corrected chi connectivity index (χ4v) is 5.77. The second-order valence-corrected chi connectivity index (χ2v) is 9.76. The number of benzene rings is 1. The second kappa shape index (κ2) is 9.32. The summed E-state index contributed by atoms with van der Waals surface area (Å²) in [4.78, 5) is -0.175. The normalized spacial score (nSPS) is 18.5. The summed E-state index contributed by atoms with van der Waals surface area (Å²) < 4.78 is 66.8. The molecule has 1 fully saturated rings. The van der Waals surface area contributed by atoms with Crippen molar-refractivity contribution in [3.8, 4) is 0 Å². The van der Waals surface area contributed by atoms with Crippen LogP contribution in [0.15, 0.2) is 23.1 Å². The van der Waals surface area contributed by atoms with Crippen molar-refractivity contribution in [1.82, 2.24) is 9.62 Å². The number of rotatable bonds is 8. The lowest BCUT2D eigenvalue weighted by Gasteiger charge is -2.24. The van der Waals surface area contributed by atoms with Crippen LogP contribution in [0.2, 0.25) is 0 Å². The summed E-state index contributed by atoms with van der Waals surface area (Å²) in [6.45, 7) is 2.61. The number of likely N-dealkylation sites (N-methyl/N-ethyl adjacent to an activating group) is 1. The molecule has 0 saturated carbocycles. The van der Waals surface area contributed by atoms with Gasteiger partial charge in [-0.2, -0.15) is 4.31 Å². The molecule has 0 bridgehead atoms. The van der Waals surface area contributed by atoms with E-state index in [1.165, 1.54) is 10.4 Å². The van der Waals surface area contributed by atoms with Crippen molar-refractivity contribution < 1.29 is 21.2 Å². The topological polar surface area (TPSA) is 95.6 Å². The number of anilines is 1. The quantitative estimate of drug-likeness (QED) is 0.656. The van der Waals surface area contributed by atoms with E-state index in [4.69, 9.17) is 0 Å². The Morgan fingerprint density at radius 3 is 2.54 bits per heavy atom. The van der Waals surface area contributed by atoms with Crippen molar-refractivity contribution in [2.45, 2.75) is 37.1 Å². The van der Waals surface area contributed by atoms with Crippen LogP contribution in [0.25, 0.3) is 0 Å². The molecule has 2 rings (SSSR count). The van der Waals surface area contributed by atoms with Crippen LogP contribution in [0, 0.1) is 5.82 Å². The Kier molecular flexibility index (Phi) is 8.28. The summed E-state index contributed by atoms with van der Waals surface area (Å²) in [5, 5.41) is 2.96. The Labute approximate surface area is 160 Å². The first kappa shape index (κ1) is 23.1. The molecule has 0 amide bonds. The first-order valence-corrected chi connectivity index (χ1v) is 11.3. The lowest BCUT2D eigenvalue weighted by molar-refractivity contribution is 0.379. The largest absolute Gasteiger partial charge is 0.318 e. The molecule has 1 aromatic carbocycles. The van der Waals surface area contributed by atoms with Gasteiger partial charge in [0.05, 0.1) is 16.3 Å². The molecule has 1 unspecified atom stereocenters. The average Bonchev–Trinajstić information content (AvgIpc) is 2.98. The summed E-state index contributed by atoms with van der Waals surface area (Å²) >= 11 is 0. The molecule has 0 aliphatic carbocycles. The molecule has 1 heterocycles. The van der Waals surface area contributed by atoms with E-state index < -0.39 is 25.9 Å². The van der Waals surface area contributed by atoms with Crippen molar-refractivity contribution in [2.75, 3.05) is 30.6 Å². The van der Waals surface area contributed by atoms with Gasteiger partial charge in [-0.25, -0.2) is 21.2 Å². The molecule has 1 aliphatic rings. The van der Waals surface area contributed by atoms with Crippen molar-refractivity contribution >= 4 is 38.1 Å². The molecule has 2 N–H and O–H groups in total. The molecular formula is C15H25ClFN3O4S2. The van der Waals surface area contributed by atoms with Crippen LogP contribution in [0.5, 0.6) is 0 Å². The van der Waals surface area contributed by atoms with Gasteiger partial charge >= 0.3 is 0 Å². The zero-order chi connectivity index (χ0) is 18.7. The zero-order valence-corrected chi connectivity index (χ0v) is 17.2. The first-order chi connectivity index (χ1) is 11.7. The van der Waals surface area contributed by atoms with Gasteiger partial charge in [-0.05, 0) is 44.5 Å². The third-order valence-electron chi connectivity index (χ3n) is 4.05. The minimum Gasteiger partial charge on any atom is -0.318 e. The van der Waals surface area contributed by atoms with Gasteiger partial charge in [-0.1, -0.05) is 6.92 Å². The third-order valence-corrected chi connectivity index (χ3v) is 7.47. The molecule has 26 heavy (non-hydrogen) atoms. The van der Waals surface area contributed by atoms with Gasteiger partial charge < -0.3 is 5.32 Å². The first-order valence-electron chi connectivity index (χ1n) is 8.17. The van der Waals surface area contributed by atoms with Gasteiger partial charge in [0.25, 0.3) is 0 Å². The van der Waals surface area contributed by atoms with Gasteiger partial charge in [0, 0.05) is 19.1 Å². The van der Waals surface area contributed by atoms with E-state index in [1.54, 1.807) is 14.0 Å². The molecule has 0 radical (unpaired) electrons. The highest BCUT2D eigenvalue weighted by molar-refractivity contribution is 7.92. The van der Waals surface area contributed by atoms with Gasteiger partial charge in [0.15, 0.2) is 0 Å². The minimum atomic E-state index is -3.83. The van der Waals surface area contributed by atoms with Crippen LogP contribution >= 0.6 is 12.4 Å². The lowest BCUT2D eigenvalue weighted by Crippen LogP contribution is -2.40. The van der Waals surface area contributed by atoms with E-state index in [0.29, 0.717) is 19.5 Å². The number of hydrogen-bond acceptors (Lipinski definition) is 5. The summed E-state index contributed by atoms with van der Waals surface area (Å²) in [5.41, 5.74) is -0.249. The molecule has 11 heteroatoms. The fourth-order valence-electron chi connectivity index (χ4n) is 2.93.